The largest absolute Gasteiger partial charge is 0.444 e. The first-order chi connectivity index (χ1) is 10.7. The summed E-state index contributed by atoms with van der Waals surface area (Å²) in [5, 5.41) is 0. The predicted octanol–water partition coefficient (Wildman–Crippen LogP) is 4.30. The number of ether oxygens (including phenoxy) is 2. The molecule has 2 rings (SSSR count). The Morgan fingerprint density at radius 3 is 2.39 bits per heavy atom. The molecule has 0 radical (unpaired) electrons. The quantitative estimate of drug-likeness (QED) is 0.833. The van der Waals surface area contributed by atoms with E-state index >= 15 is 0 Å². The van der Waals surface area contributed by atoms with Crippen molar-refractivity contribution in [2.45, 2.75) is 65.3 Å². The number of hydrogen-bond acceptors (Lipinski definition) is 3. The number of carbonyl (C=O) groups excluding carboxylic acids is 1. The van der Waals surface area contributed by atoms with Crippen molar-refractivity contribution in [2.75, 3.05) is 13.1 Å². The van der Waals surface area contributed by atoms with Crippen LogP contribution in [-0.2, 0) is 16.1 Å². The summed E-state index contributed by atoms with van der Waals surface area (Å²) in [7, 11) is 0. The van der Waals surface area contributed by atoms with Crippen LogP contribution in [0.2, 0.25) is 0 Å². The van der Waals surface area contributed by atoms with Crippen LogP contribution < -0.4 is 0 Å². The van der Waals surface area contributed by atoms with Crippen molar-refractivity contribution in [3.05, 3.63) is 35.4 Å². The highest BCUT2D eigenvalue weighted by molar-refractivity contribution is 5.68. The Labute approximate surface area is 139 Å². The smallest absolute Gasteiger partial charge is 0.410 e. The average molecular weight is 319 g/mol. The van der Waals surface area contributed by atoms with Gasteiger partial charge in [0, 0.05) is 13.1 Å². The van der Waals surface area contributed by atoms with Crippen molar-refractivity contribution in [3.8, 4) is 0 Å². The van der Waals surface area contributed by atoms with Crippen LogP contribution in [0.25, 0.3) is 0 Å². The Balaban J connectivity index is 1.85. The van der Waals surface area contributed by atoms with Gasteiger partial charge in [0.05, 0.1) is 12.2 Å². The molecule has 0 bridgehead atoms. The number of amides is 1. The summed E-state index contributed by atoms with van der Waals surface area (Å²) in [6.07, 6.45) is 1.44. The predicted molar refractivity (Wildman–Crippen MR) is 91.4 cm³/mol. The normalized spacial score (nSPS) is 17.9. The van der Waals surface area contributed by atoms with Gasteiger partial charge in [0.25, 0.3) is 0 Å². The van der Waals surface area contributed by atoms with Crippen molar-refractivity contribution in [1.82, 2.24) is 4.90 Å². The molecule has 0 N–H and O–H groups in total. The molecule has 1 heterocycles. The molecule has 0 unspecified atom stereocenters. The molecule has 1 aliphatic rings. The van der Waals surface area contributed by atoms with Gasteiger partial charge in [0.15, 0.2) is 0 Å². The second-order valence-corrected chi connectivity index (χ2v) is 7.63. The molecule has 1 saturated heterocycles. The summed E-state index contributed by atoms with van der Waals surface area (Å²) in [5.74, 6) is 0. The van der Waals surface area contributed by atoms with Gasteiger partial charge in [-0.1, -0.05) is 24.3 Å². The maximum atomic E-state index is 12.1. The Morgan fingerprint density at radius 2 is 1.83 bits per heavy atom. The molecule has 23 heavy (non-hydrogen) atoms. The molecule has 1 fully saturated rings. The van der Waals surface area contributed by atoms with Crippen molar-refractivity contribution in [1.29, 1.82) is 0 Å². The lowest BCUT2D eigenvalue weighted by Gasteiger charge is -2.39. The Bertz CT molecular complexity index is 540. The summed E-state index contributed by atoms with van der Waals surface area (Å²) in [5.41, 5.74) is 1.85. The minimum absolute atomic E-state index is 0.180. The molecule has 1 aromatic rings. The van der Waals surface area contributed by atoms with Crippen molar-refractivity contribution in [2.24, 2.45) is 0 Å². The number of piperidine rings is 1. The number of likely N-dealkylation sites (tertiary alicyclic amines) is 1. The van der Waals surface area contributed by atoms with E-state index in [9.17, 15) is 4.79 Å². The minimum atomic E-state index is -0.445. The van der Waals surface area contributed by atoms with E-state index in [-0.39, 0.29) is 11.7 Å². The Kier molecular flexibility index (Phi) is 5.35. The van der Waals surface area contributed by atoms with Gasteiger partial charge in [-0.3, -0.25) is 0 Å². The van der Waals surface area contributed by atoms with Gasteiger partial charge >= 0.3 is 6.09 Å². The lowest BCUT2D eigenvalue weighted by Crippen LogP contribution is -2.47. The maximum Gasteiger partial charge on any atom is 0.410 e. The first-order valence-corrected chi connectivity index (χ1v) is 8.35. The molecule has 128 valence electrons. The summed E-state index contributed by atoms with van der Waals surface area (Å²) in [6.45, 7) is 11.9. The third-order valence-electron chi connectivity index (χ3n) is 4.31. The zero-order valence-corrected chi connectivity index (χ0v) is 15.0. The van der Waals surface area contributed by atoms with E-state index in [1.807, 2.05) is 32.9 Å². The zero-order valence-electron chi connectivity index (χ0n) is 15.0. The number of aryl methyl sites for hydroxylation is 1. The Morgan fingerprint density at radius 1 is 1.22 bits per heavy atom. The second-order valence-electron chi connectivity index (χ2n) is 7.63. The van der Waals surface area contributed by atoms with Crippen LogP contribution in [0.3, 0.4) is 0 Å². The van der Waals surface area contributed by atoms with E-state index in [1.54, 1.807) is 4.90 Å². The number of hydrogen-bond donors (Lipinski definition) is 0. The molecular weight excluding hydrogens is 290 g/mol. The molecule has 0 aliphatic carbocycles. The lowest BCUT2D eigenvalue weighted by molar-refractivity contribution is -0.0813. The summed E-state index contributed by atoms with van der Waals surface area (Å²) in [4.78, 5) is 13.9. The van der Waals surface area contributed by atoms with Crippen molar-refractivity contribution >= 4 is 6.09 Å². The van der Waals surface area contributed by atoms with Crippen LogP contribution in [0.1, 0.15) is 51.7 Å². The van der Waals surface area contributed by atoms with E-state index in [0.717, 1.165) is 12.8 Å². The highest BCUT2D eigenvalue weighted by Crippen LogP contribution is 2.28. The molecule has 0 aromatic heterocycles. The average Bonchev–Trinajstić information content (AvgIpc) is 2.45. The van der Waals surface area contributed by atoms with Crippen LogP contribution >= 0.6 is 0 Å². The van der Waals surface area contributed by atoms with Gasteiger partial charge in [0.1, 0.15) is 5.60 Å². The molecule has 0 atom stereocenters. The SMILES string of the molecule is Cc1ccccc1COC1(C)CCN(C(=O)OC(C)(C)C)CC1. The number of benzene rings is 1. The number of rotatable bonds is 3. The highest BCUT2D eigenvalue weighted by atomic mass is 16.6. The van der Waals surface area contributed by atoms with Gasteiger partial charge in [-0.2, -0.15) is 0 Å². The topological polar surface area (TPSA) is 38.8 Å². The number of carbonyl (C=O) groups is 1. The van der Waals surface area contributed by atoms with Gasteiger partial charge < -0.3 is 14.4 Å². The van der Waals surface area contributed by atoms with Crippen molar-refractivity contribution < 1.29 is 14.3 Å². The zero-order chi connectivity index (χ0) is 17.1. The van der Waals surface area contributed by atoms with Gasteiger partial charge in [0.2, 0.25) is 0 Å². The molecular formula is C19H29NO3. The molecule has 0 saturated carbocycles. The maximum absolute atomic E-state index is 12.1. The molecule has 1 amide bonds. The lowest BCUT2D eigenvalue weighted by atomic mass is 9.93. The molecule has 4 heteroatoms. The summed E-state index contributed by atoms with van der Waals surface area (Å²) < 4.78 is 11.6. The first kappa shape index (κ1) is 17.8. The number of nitrogens with zero attached hydrogens (tertiary/aromatic N) is 1. The van der Waals surface area contributed by atoms with E-state index in [4.69, 9.17) is 9.47 Å². The van der Waals surface area contributed by atoms with Crippen molar-refractivity contribution in [3.63, 3.8) is 0 Å². The van der Waals surface area contributed by atoms with Gasteiger partial charge in [-0.15, -0.1) is 0 Å². The van der Waals surface area contributed by atoms with Gasteiger partial charge in [-0.25, -0.2) is 4.79 Å². The summed E-state index contributed by atoms with van der Waals surface area (Å²) in [6, 6.07) is 8.29. The standard InChI is InChI=1S/C19H29NO3/c1-15-8-6-7-9-16(15)14-22-19(5)10-12-20(13-11-19)17(21)23-18(2,3)4/h6-9H,10-14H2,1-5H3. The molecule has 1 aromatic carbocycles. The summed E-state index contributed by atoms with van der Waals surface area (Å²) >= 11 is 0. The van der Waals surface area contributed by atoms with E-state index < -0.39 is 5.60 Å². The van der Waals surface area contributed by atoms with E-state index in [2.05, 4.69) is 26.0 Å². The highest BCUT2D eigenvalue weighted by Gasteiger charge is 2.34. The van der Waals surface area contributed by atoms with Crippen LogP contribution in [0.4, 0.5) is 4.79 Å². The van der Waals surface area contributed by atoms with Crippen LogP contribution in [-0.4, -0.2) is 35.3 Å². The third-order valence-corrected chi connectivity index (χ3v) is 4.31. The fourth-order valence-corrected chi connectivity index (χ4v) is 2.66. The molecule has 1 aliphatic heterocycles. The fourth-order valence-electron chi connectivity index (χ4n) is 2.66. The van der Waals surface area contributed by atoms with Crippen LogP contribution in [0.5, 0.6) is 0 Å². The molecule has 0 spiro atoms. The van der Waals surface area contributed by atoms with Crippen LogP contribution in [0.15, 0.2) is 24.3 Å². The van der Waals surface area contributed by atoms with Gasteiger partial charge in [-0.05, 0) is 58.6 Å². The van der Waals surface area contributed by atoms with Crippen LogP contribution in [0, 0.1) is 6.92 Å². The first-order valence-electron chi connectivity index (χ1n) is 8.35. The molecule has 4 nitrogen and oxygen atoms in total. The Hall–Kier alpha value is -1.55. The second kappa shape index (κ2) is 6.91. The monoisotopic (exact) mass is 319 g/mol. The van der Waals surface area contributed by atoms with E-state index in [1.165, 1.54) is 11.1 Å². The minimum Gasteiger partial charge on any atom is -0.444 e. The third kappa shape index (κ3) is 5.24. The van der Waals surface area contributed by atoms with E-state index in [0.29, 0.717) is 19.7 Å². The fraction of sp³-hybridized carbons (Fsp3) is 0.632.